The van der Waals surface area contributed by atoms with Crippen LogP contribution in [0.1, 0.15) is 29.7 Å². The van der Waals surface area contributed by atoms with Gasteiger partial charge in [-0.1, -0.05) is 15.9 Å². The molecule has 114 valence electrons. The minimum Gasteiger partial charge on any atom is -0.480 e. The molecule has 0 atom stereocenters. The zero-order valence-electron chi connectivity index (χ0n) is 12.5. The van der Waals surface area contributed by atoms with Crippen molar-refractivity contribution >= 4 is 27.5 Å². The van der Waals surface area contributed by atoms with Crippen molar-refractivity contribution in [1.29, 1.82) is 0 Å². The van der Waals surface area contributed by atoms with Crippen molar-refractivity contribution in [3.05, 3.63) is 51.6 Å². The van der Waals surface area contributed by atoms with Crippen molar-refractivity contribution in [1.82, 2.24) is 4.98 Å². The van der Waals surface area contributed by atoms with Crippen LogP contribution in [0.25, 0.3) is 0 Å². The number of halogens is 1. The zero-order valence-corrected chi connectivity index (χ0v) is 14.1. The molecule has 1 aromatic heterocycles. The number of hydrogen-bond acceptors (Lipinski definition) is 3. The molecule has 3 rings (SSSR count). The molecule has 0 unspecified atom stereocenters. The highest BCUT2D eigenvalue weighted by molar-refractivity contribution is 9.10. The number of hydrogen-bond donors (Lipinski definition) is 1. The van der Waals surface area contributed by atoms with Crippen LogP contribution in [-0.2, 0) is 12.8 Å². The number of amidine groups is 1. The predicted molar refractivity (Wildman–Crippen MR) is 92.0 cm³/mol. The minimum absolute atomic E-state index is 0.431. The van der Waals surface area contributed by atoms with Gasteiger partial charge in [0.15, 0.2) is 0 Å². The monoisotopic (exact) mass is 359 g/mol. The van der Waals surface area contributed by atoms with Crippen LogP contribution in [0, 0.1) is 0 Å². The number of ether oxygens (including phenoxy) is 1. The zero-order chi connectivity index (χ0) is 15.5. The Morgan fingerprint density at radius 2 is 1.95 bits per heavy atom. The van der Waals surface area contributed by atoms with Gasteiger partial charge in [-0.2, -0.15) is 0 Å². The molecule has 2 N–H and O–H groups in total. The third-order valence-electron chi connectivity index (χ3n) is 3.81. The number of nitrogens with two attached hydrogens (primary N) is 1. The number of aryl methyl sites for hydroxylation is 2. The van der Waals surface area contributed by atoms with Gasteiger partial charge in [0.2, 0.25) is 5.88 Å². The van der Waals surface area contributed by atoms with Gasteiger partial charge in [-0.25, -0.2) is 9.98 Å². The average Bonchev–Trinajstić information content (AvgIpc) is 2.55. The van der Waals surface area contributed by atoms with Gasteiger partial charge < -0.3 is 10.5 Å². The number of methoxy groups -OCH3 is 1. The van der Waals surface area contributed by atoms with E-state index in [1.807, 2.05) is 24.3 Å². The Balaban J connectivity index is 2.00. The highest BCUT2D eigenvalue weighted by Gasteiger charge is 2.17. The molecule has 0 bridgehead atoms. The number of aliphatic imine (C=N–C) groups is 1. The normalized spacial score (nSPS) is 14.5. The van der Waals surface area contributed by atoms with E-state index >= 15 is 0 Å². The van der Waals surface area contributed by atoms with Crippen LogP contribution in [0.5, 0.6) is 5.88 Å². The van der Waals surface area contributed by atoms with E-state index in [0.29, 0.717) is 11.7 Å². The summed E-state index contributed by atoms with van der Waals surface area (Å²) in [5, 5.41) is 0. The molecule has 2 aromatic rings. The van der Waals surface area contributed by atoms with Crippen LogP contribution in [0.4, 0.5) is 5.69 Å². The van der Waals surface area contributed by atoms with Gasteiger partial charge >= 0.3 is 0 Å². The quantitative estimate of drug-likeness (QED) is 0.670. The molecule has 4 nitrogen and oxygen atoms in total. The first-order chi connectivity index (χ1) is 10.7. The topological polar surface area (TPSA) is 60.5 Å². The molecule has 1 aliphatic carbocycles. The van der Waals surface area contributed by atoms with Gasteiger partial charge in [0, 0.05) is 10.2 Å². The molecule has 0 radical (unpaired) electrons. The minimum atomic E-state index is 0.431. The highest BCUT2D eigenvalue weighted by atomic mass is 79.9. The molecule has 5 heteroatoms. The van der Waals surface area contributed by atoms with E-state index in [2.05, 4.69) is 32.0 Å². The van der Waals surface area contributed by atoms with Gasteiger partial charge in [0.25, 0.3) is 0 Å². The maximum atomic E-state index is 6.19. The summed E-state index contributed by atoms with van der Waals surface area (Å²) in [6.45, 7) is 0. The molecule has 0 saturated carbocycles. The van der Waals surface area contributed by atoms with Crippen molar-refractivity contribution in [2.24, 2.45) is 10.7 Å². The van der Waals surface area contributed by atoms with Crippen LogP contribution in [0.3, 0.4) is 0 Å². The first-order valence-corrected chi connectivity index (χ1v) is 8.13. The smallest absolute Gasteiger partial charge is 0.224 e. The second-order valence-corrected chi connectivity index (χ2v) is 6.25. The fraction of sp³-hybridized carbons (Fsp3) is 0.294. The fourth-order valence-corrected chi connectivity index (χ4v) is 2.93. The number of rotatable bonds is 3. The first-order valence-electron chi connectivity index (χ1n) is 7.34. The molecule has 0 amide bonds. The van der Waals surface area contributed by atoms with Crippen molar-refractivity contribution in [3.8, 4) is 5.88 Å². The lowest BCUT2D eigenvalue weighted by atomic mass is 9.95. The van der Waals surface area contributed by atoms with Crippen molar-refractivity contribution < 1.29 is 4.74 Å². The Bertz CT molecular complexity index is 711. The van der Waals surface area contributed by atoms with Gasteiger partial charge in [-0.3, -0.25) is 0 Å². The van der Waals surface area contributed by atoms with Crippen LogP contribution >= 0.6 is 15.9 Å². The number of benzene rings is 1. The molecule has 0 fully saturated rings. The maximum absolute atomic E-state index is 6.19. The van der Waals surface area contributed by atoms with E-state index in [-0.39, 0.29) is 0 Å². The van der Waals surface area contributed by atoms with Crippen LogP contribution in [0.2, 0.25) is 0 Å². The Morgan fingerprint density at radius 1 is 1.23 bits per heavy atom. The fourth-order valence-electron chi connectivity index (χ4n) is 2.67. The largest absolute Gasteiger partial charge is 0.480 e. The lowest BCUT2D eigenvalue weighted by Crippen LogP contribution is -2.17. The Hall–Kier alpha value is -1.88. The van der Waals surface area contributed by atoms with E-state index in [0.717, 1.165) is 34.3 Å². The SMILES string of the molecule is COc1nc2c(cc1C(N)=Nc1ccc(Br)cc1)CCCC2. The average molecular weight is 360 g/mol. The lowest BCUT2D eigenvalue weighted by molar-refractivity contribution is 0.394. The molecular formula is C17H18BrN3O. The van der Waals surface area contributed by atoms with Gasteiger partial charge in [0.05, 0.1) is 18.4 Å². The Morgan fingerprint density at radius 3 is 2.68 bits per heavy atom. The standard InChI is InChI=1S/C17H18BrN3O/c1-22-17-14(10-11-4-2-3-5-15(11)21-17)16(19)20-13-8-6-12(18)7-9-13/h6-10H,2-5H2,1H3,(H2,19,20). The first kappa shape index (κ1) is 15.0. The summed E-state index contributed by atoms with van der Waals surface area (Å²) in [7, 11) is 1.62. The third-order valence-corrected chi connectivity index (χ3v) is 4.34. The summed E-state index contributed by atoms with van der Waals surface area (Å²) in [5.74, 6) is 0.985. The molecule has 0 saturated heterocycles. The molecule has 1 aliphatic rings. The summed E-state index contributed by atoms with van der Waals surface area (Å²) in [6, 6.07) is 9.78. The van der Waals surface area contributed by atoms with Crippen molar-refractivity contribution in [2.75, 3.05) is 7.11 Å². The van der Waals surface area contributed by atoms with Crippen LogP contribution in [-0.4, -0.2) is 17.9 Å². The van der Waals surface area contributed by atoms with Crippen LogP contribution < -0.4 is 10.5 Å². The van der Waals surface area contributed by atoms with E-state index < -0.39 is 0 Å². The molecule has 22 heavy (non-hydrogen) atoms. The van der Waals surface area contributed by atoms with E-state index in [9.17, 15) is 0 Å². The summed E-state index contributed by atoms with van der Waals surface area (Å²) < 4.78 is 6.42. The van der Waals surface area contributed by atoms with E-state index in [1.54, 1.807) is 7.11 Å². The Labute approximate surface area is 138 Å². The number of pyridine rings is 1. The number of nitrogens with zero attached hydrogens (tertiary/aromatic N) is 2. The molecule has 0 spiro atoms. The highest BCUT2D eigenvalue weighted by Crippen LogP contribution is 2.26. The van der Waals surface area contributed by atoms with Gasteiger partial charge in [0.1, 0.15) is 5.84 Å². The number of fused-ring (bicyclic) bond motifs is 1. The summed E-state index contributed by atoms with van der Waals surface area (Å²) in [6.07, 6.45) is 4.44. The van der Waals surface area contributed by atoms with E-state index in [4.69, 9.17) is 10.5 Å². The molecule has 1 aromatic carbocycles. The molecular weight excluding hydrogens is 342 g/mol. The second-order valence-electron chi connectivity index (χ2n) is 5.33. The summed E-state index contributed by atoms with van der Waals surface area (Å²) >= 11 is 3.41. The summed E-state index contributed by atoms with van der Waals surface area (Å²) in [5.41, 5.74) is 10.2. The maximum Gasteiger partial charge on any atom is 0.224 e. The van der Waals surface area contributed by atoms with Crippen LogP contribution in [0.15, 0.2) is 39.8 Å². The van der Waals surface area contributed by atoms with E-state index in [1.165, 1.54) is 18.4 Å². The second kappa shape index (κ2) is 6.48. The predicted octanol–water partition coefficient (Wildman–Crippen LogP) is 3.77. The molecule has 1 heterocycles. The Kier molecular flexibility index (Phi) is 4.43. The summed E-state index contributed by atoms with van der Waals surface area (Å²) in [4.78, 5) is 9.10. The molecule has 0 aliphatic heterocycles. The van der Waals surface area contributed by atoms with Gasteiger partial charge in [-0.05, 0) is 61.6 Å². The van der Waals surface area contributed by atoms with Crippen molar-refractivity contribution in [2.45, 2.75) is 25.7 Å². The lowest BCUT2D eigenvalue weighted by Gasteiger charge is -2.17. The number of aromatic nitrogens is 1. The third kappa shape index (κ3) is 3.14. The van der Waals surface area contributed by atoms with Gasteiger partial charge in [-0.15, -0.1) is 0 Å². The van der Waals surface area contributed by atoms with Crippen molar-refractivity contribution in [3.63, 3.8) is 0 Å².